The van der Waals surface area contributed by atoms with Gasteiger partial charge in [-0.05, 0) is 57.4 Å². The van der Waals surface area contributed by atoms with Crippen LogP contribution in [0.25, 0.3) is 0 Å². The van der Waals surface area contributed by atoms with Crippen LogP contribution in [0.1, 0.15) is 37.0 Å². The topological polar surface area (TPSA) is 47.3 Å². The number of benzene rings is 1. The summed E-state index contributed by atoms with van der Waals surface area (Å²) in [5, 5.41) is 3.43. The predicted octanol–water partition coefficient (Wildman–Crippen LogP) is 2.53. The number of hydrogen-bond donors (Lipinski definition) is 2. The molecule has 0 bridgehead atoms. The minimum atomic E-state index is -0.0985. The third kappa shape index (κ3) is 4.67. The smallest absolute Gasteiger partial charge is 0.124 e. The summed E-state index contributed by atoms with van der Waals surface area (Å²) in [4.78, 5) is 0. The molecule has 0 atom stereocenters. The molecule has 18 heavy (non-hydrogen) atoms. The largest absolute Gasteiger partial charge is 0.496 e. The lowest BCUT2D eigenvalue weighted by molar-refractivity contribution is 0.408. The second kappa shape index (κ2) is 6.21. The Labute approximate surface area is 111 Å². The molecule has 0 fully saturated rings. The third-order valence-electron chi connectivity index (χ3n) is 3.00. The zero-order valence-corrected chi connectivity index (χ0v) is 12.3. The molecule has 0 heterocycles. The summed E-state index contributed by atoms with van der Waals surface area (Å²) in [5.74, 6) is 0.988. The number of methoxy groups -OCH3 is 1. The number of nitrogens with one attached hydrogen (secondary N) is 1. The van der Waals surface area contributed by atoms with Crippen LogP contribution in [0.4, 0.5) is 0 Å². The SMILES string of the molecule is COc1c(C)cc(CNCCC(C)(C)N)cc1C. The molecule has 1 aromatic carbocycles. The van der Waals surface area contributed by atoms with Crippen molar-refractivity contribution in [1.29, 1.82) is 0 Å². The molecular weight excluding hydrogens is 224 g/mol. The molecule has 102 valence electrons. The lowest BCUT2D eigenvalue weighted by atomic mass is 10.0. The van der Waals surface area contributed by atoms with Gasteiger partial charge >= 0.3 is 0 Å². The molecule has 0 aliphatic rings. The van der Waals surface area contributed by atoms with Gasteiger partial charge in [-0.3, -0.25) is 0 Å². The van der Waals surface area contributed by atoms with Crippen molar-refractivity contribution in [3.63, 3.8) is 0 Å². The molecule has 0 aliphatic heterocycles. The quantitative estimate of drug-likeness (QED) is 0.763. The molecule has 0 aliphatic carbocycles. The van der Waals surface area contributed by atoms with E-state index in [1.807, 2.05) is 0 Å². The highest BCUT2D eigenvalue weighted by Gasteiger charge is 2.09. The van der Waals surface area contributed by atoms with Crippen molar-refractivity contribution in [2.75, 3.05) is 13.7 Å². The minimum absolute atomic E-state index is 0.0985. The first kappa shape index (κ1) is 15.0. The highest BCUT2D eigenvalue weighted by Crippen LogP contribution is 2.24. The second-order valence-corrected chi connectivity index (χ2v) is 5.68. The lowest BCUT2D eigenvalue weighted by Gasteiger charge is -2.18. The van der Waals surface area contributed by atoms with Crippen LogP contribution < -0.4 is 15.8 Å². The standard InChI is InChI=1S/C15H26N2O/c1-11-8-13(9-12(2)14(11)18-5)10-17-7-6-15(3,4)16/h8-9,17H,6-7,10,16H2,1-5H3. The van der Waals surface area contributed by atoms with Crippen LogP contribution in [0, 0.1) is 13.8 Å². The van der Waals surface area contributed by atoms with E-state index >= 15 is 0 Å². The van der Waals surface area contributed by atoms with Crippen molar-refractivity contribution >= 4 is 0 Å². The summed E-state index contributed by atoms with van der Waals surface area (Å²) in [5.41, 5.74) is 9.52. The normalized spacial score (nSPS) is 11.7. The first-order valence-corrected chi connectivity index (χ1v) is 6.47. The number of aryl methyl sites for hydroxylation is 2. The van der Waals surface area contributed by atoms with Gasteiger partial charge in [0.05, 0.1) is 7.11 Å². The fraction of sp³-hybridized carbons (Fsp3) is 0.600. The molecule has 0 spiro atoms. The van der Waals surface area contributed by atoms with Gasteiger partial charge in [0.2, 0.25) is 0 Å². The Bertz CT molecular complexity index is 371. The van der Waals surface area contributed by atoms with E-state index in [0.29, 0.717) is 0 Å². The first-order valence-electron chi connectivity index (χ1n) is 6.47. The van der Waals surface area contributed by atoms with Crippen LogP contribution >= 0.6 is 0 Å². The molecule has 1 aromatic rings. The van der Waals surface area contributed by atoms with Crippen molar-refractivity contribution in [2.24, 2.45) is 5.73 Å². The van der Waals surface area contributed by atoms with E-state index in [2.05, 4.69) is 45.1 Å². The highest BCUT2D eigenvalue weighted by atomic mass is 16.5. The molecular formula is C15H26N2O. The Morgan fingerprint density at radius 3 is 2.22 bits per heavy atom. The molecule has 0 saturated heterocycles. The summed E-state index contributed by atoms with van der Waals surface area (Å²) in [6.07, 6.45) is 0.973. The summed E-state index contributed by atoms with van der Waals surface area (Å²) in [6, 6.07) is 4.35. The average Bonchev–Trinajstić information content (AvgIpc) is 2.23. The Morgan fingerprint density at radius 1 is 1.22 bits per heavy atom. The molecule has 0 unspecified atom stereocenters. The van der Waals surface area contributed by atoms with Gasteiger partial charge in [-0.25, -0.2) is 0 Å². The van der Waals surface area contributed by atoms with Crippen molar-refractivity contribution in [1.82, 2.24) is 5.32 Å². The summed E-state index contributed by atoms with van der Waals surface area (Å²) in [7, 11) is 1.72. The van der Waals surface area contributed by atoms with Gasteiger partial charge in [0.15, 0.2) is 0 Å². The maximum Gasteiger partial charge on any atom is 0.124 e. The average molecular weight is 250 g/mol. The second-order valence-electron chi connectivity index (χ2n) is 5.68. The molecule has 3 heteroatoms. The molecule has 3 nitrogen and oxygen atoms in total. The number of rotatable bonds is 6. The lowest BCUT2D eigenvalue weighted by Crippen LogP contribution is -2.35. The van der Waals surface area contributed by atoms with Crippen LogP contribution in [-0.2, 0) is 6.54 Å². The number of ether oxygens (including phenoxy) is 1. The summed E-state index contributed by atoms with van der Waals surface area (Å²) in [6.45, 7) is 10.1. The predicted molar refractivity (Wildman–Crippen MR) is 77.1 cm³/mol. The van der Waals surface area contributed by atoms with Gasteiger partial charge in [0.1, 0.15) is 5.75 Å². The van der Waals surface area contributed by atoms with E-state index in [1.54, 1.807) is 7.11 Å². The highest BCUT2D eigenvalue weighted by molar-refractivity contribution is 5.43. The van der Waals surface area contributed by atoms with Crippen molar-refractivity contribution in [3.8, 4) is 5.75 Å². The molecule has 0 radical (unpaired) electrons. The Morgan fingerprint density at radius 2 is 1.78 bits per heavy atom. The third-order valence-corrected chi connectivity index (χ3v) is 3.00. The van der Waals surface area contributed by atoms with Gasteiger partial charge in [-0.1, -0.05) is 12.1 Å². The van der Waals surface area contributed by atoms with Crippen molar-refractivity contribution < 1.29 is 4.74 Å². The number of hydrogen-bond acceptors (Lipinski definition) is 3. The van der Waals surface area contributed by atoms with Crippen molar-refractivity contribution in [3.05, 3.63) is 28.8 Å². The van der Waals surface area contributed by atoms with Gasteiger partial charge in [0.25, 0.3) is 0 Å². The molecule has 0 saturated carbocycles. The Balaban J connectivity index is 2.54. The van der Waals surface area contributed by atoms with E-state index < -0.39 is 0 Å². The van der Waals surface area contributed by atoms with Crippen LogP contribution in [-0.4, -0.2) is 19.2 Å². The fourth-order valence-electron chi connectivity index (χ4n) is 2.11. The van der Waals surface area contributed by atoms with E-state index in [0.717, 1.165) is 25.3 Å². The van der Waals surface area contributed by atoms with Crippen LogP contribution in [0.2, 0.25) is 0 Å². The van der Waals surface area contributed by atoms with Crippen LogP contribution in [0.3, 0.4) is 0 Å². The van der Waals surface area contributed by atoms with E-state index in [4.69, 9.17) is 10.5 Å². The van der Waals surface area contributed by atoms with Gasteiger partial charge in [0, 0.05) is 12.1 Å². The molecule has 3 N–H and O–H groups in total. The first-order chi connectivity index (χ1) is 8.33. The van der Waals surface area contributed by atoms with Crippen LogP contribution in [0.15, 0.2) is 12.1 Å². The van der Waals surface area contributed by atoms with E-state index in [-0.39, 0.29) is 5.54 Å². The van der Waals surface area contributed by atoms with Crippen LogP contribution in [0.5, 0.6) is 5.75 Å². The minimum Gasteiger partial charge on any atom is -0.496 e. The number of nitrogens with two attached hydrogens (primary N) is 1. The molecule has 1 rings (SSSR count). The monoisotopic (exact) mass is 250 g/mol. The van der Waals surface area contributed by atoms with Crippen molar-refractivity contribution in [2.45, 2.75) is 46.2 Å². The van der Waals surface area contributed by atoms with Gasteiger partial charge < -0.3 is 15.8 Å². The van der Waals surface area contributed by atoms with E-state index in [9.17, 15) is 0 Å². The fourth-order valence-corrected chi connectivity index (χ4v) is 2.11. The maximum atomic E-state index is 5.94. The van der Waals surface area contributed by atoms with Gasteiger partial charge in [-0.15, -0.1) is 0 Å². The summed E-state index contributed by atoms with van der Waals surface area (Å²) < 4.78 is 5.36. The Hall–Kier alpha value is -1.06. The van der Waals surface area contributed by atoms with E-state index in [1.165, 1.54) is 16.7 Å². The maximum absolute atomic E-state index is 5.94. The van der Waals surface area contributed by atoms with Gasteiger partial charge in [-0.2, -0.15) is 0 Å². The Kier molecular flexibility index (Phi) is 5.17. The summed E-state index contributed by atoms with van der Waals surface area (Å²) >= 11 is 0. The molecule has 0 amide bonds. The zero-order valence-electron chi connectivity index (χ0n) is 12.3. The zero-order chi connectivity index (χ0) is 13.8. The molecule has 0 aromatic heterocycles.